The van der Waals surface area contributed by atoms with Crippen LogP contribution in [0.3, 0.4) is 0 Å². The van der Waals surface area contributed by atoms with Gasteiger partial charge in [0.2, 0.25) is 0 Å². The Labute approximate surface area is 142 Å². The second kappa shape index (κ2) is 7.21. The molecule has 0 bridgehead atoms. The first-order chi connectivity index (χ1) is 11.6. The third kappa shape index (κ3) is 3.38. The highest BCUT2D eigenvalue weighted by atomic mass is 35.5. The van der Waals surface area contributed by atoms with E-state index in [0.717, 1.165) is 28.6 Å². The predicted octanol–water partition coefficient (Wildman–Crippen LogP) is 3.99. The van der Waals surface area contributed by atoms with Crippen LogP contribution in [0, 0.1) is 11.6 Å². The third-order valence-electron chi connectivity index (χ3n) is 3.79. The molecule has 1 atom stereocenters. The van der Waals surface area contributed by atoms with E-state index in [1.54, 1.807) is 18.3 Å². The van der Waals surface area contributed by atoms with Crippen LogP contribution < -0.4 is 5.32 Å². The molecule has 0 aliphatic rings. The zero-order chi connectivity index (χ0) is 17.1. The topological polar surface area (TPSA) is 45.1 Å². The first kappa shape index (κ1) is 16.8. The maximum atomic E-state index is 13.7. The largest absolute Gasteiger partial charge is 0.387 e. The number of aliphatic hydroxyl groups is 1. The number of nitrogens with zero attached hydrogens (tertiary/aromatic N) is 1. The summed E-state index contributed by atoms with van der Waals surface area (Å²) in [6.45, 7) is 0.395. The Morgan fingerprint density at radius 2 is 1.83 bits per heavy atom. The van der Waals surface area contributed by atoms with Crippen molar-refractivity contribution in [3.63, 3.8) is 0 Å². The van der Waals surface area contributed by atoms with Crippen molar-refractivity contribution in [2.24, 2.45) is 0 Å². The van der Waals surface area contributed by atoms with Crippen LogP contribution in [-0.2, 0) is 6.54 Å². The van der Waals surface area contributed by atoms with Crippen LogP contribution in [0.25, 0.3) is 10.9 Å². The highest BCUT2D eigenvalue weighted by Gasteiger charge is 2.17. The van der Waals surface area contributed by atoms with Gasteiger partial charge >= 0.3 is 0 Å². The summed E-state index contributed by atoms with van der Waals surface area (Å²) in [5.74, 6) is -1.52. The van der Waals surface area contributed by atoms with Crippen LogP contribution in [0.1, 0.15) is 17.2 Å². The molecule has 0 saturated heterocycles. The van der Waals surface area contributed by atoms with E-state index >= 15 is 0 Å². The van der Waals surface area contributed by atoms with E-state index in [-0.39, 0.29) is 12.1 Å². The fourth-order valence-electron chi connectivity index (χ4n) is 2.61. The van der Waals surface area contributed by atoms with Gasteiger partial charge in [0.05, 0.1) is 17.2 Å². The molecule has 3 aromatic rings. The van der Waals surface area contributed by atoms with Gasteiger partial charge in [-0.05, 0) is 35.9 Å². The van der Waals surface area contributed by atoms with Gasteiger partial charge in [-0.2, -0.15) is 0 Å². The van der Waals surface area contributed by atoms with Crippen LogP contribution >= 0.6 is 11.6 Å². The van der Waals surface area contributed by atoms with E-state index in [2.05, 4.69) is 10.3 Å². The molecule has 1 aromatic heterocycles. The van der Waals surface area contributed by atoms with Crippen molar-refractivity contribution in [2.75, 3.05) is 6.54 Å². The molecule has 0 aliphatic carbocycles. The molecule has 3 rings (SSSR count). The van der Waals surface area contributed by atoms with Crippen molar-refractivity contribution < 1.29 is 13.9 Å². The Morgan fingerprint density at radius 1 is 1.08 bits per heavy atom. The number of aliphatic hydroxyl groups excluding tert-OH is 1. The fraction of sp³-hybridized carbons (Fsp3) is 0.167. The van der Waals surface area contributed by atoms with Gasteiger partial charge in [-0.15, -0.1) is 0 Å². The zero-order valence-corrected chi connectivity index (χ0v) is 13.4. The zero-order valence-electron chi connectivity index (χ0n) is 12.6. The maximum absolute atomic E-state index is 13.7. The predicted molar refractivity (Wildman–Crippen MR) is 89.8 cm³/mol. The Kier molecular flexibility index (Phi) is 5.04. The number of rotatable bonds is 5. The quantitative estimate of drug-likeness (QED) is 0.733. The van der Waals surface area contributed by atoms with Gasteiger partial charge in [0.1, 0.15) is 11.6 Å². The van der Waals surface area contributed by atoms with E-state index < -0.39 is 17.7 Å². The lowest BCUT2D eigenvalue weighted by Crippen LogP contribution is -2.22. The SMILES string of the molecule is OC(CNCc1ccc(Cl)c2cccnc12)c1c(F)cccc1F. The van der Waals surface area contributed by atoms with Gasteiger partial charge in [0, 0.05) is 29.7 Å². The standard InChI is InChI=1S/C18H15ClF2N2O/c19-13-7-6-11(18-12(13)3-2-8-23-18)9-22-10-16(24)17-14(20)4-1-5-15(17)21/h1-8,16,22,24H,9-10H2. The van der Waals surface area contributed by atoms with Crippen molar-refractivity contribution in [3.05, 3.63) is 76.4 Å². The highest BCUT2D eigenvalue weighted by Crippen LogP contribution is 2.25. The fourth-order valence-corrected chi connectivity index (χ4v) is 2.83. The van der Waals surface area contributed by atoms with E-state index in [1.807, 2.05) is 12.1 Å². The molecule has 0 radical (unpaired) electrons. The van der Waals surface area contributed by atoms with E-state index in [1.165, 1.54) is 6.07 Å². The number of nitrogens with one attached hydrogen (secondary N) is 1. The van der Waals surface area contributed by atoms with Gasteiger partial charge in [-0.1, -0.05) is 23.7 Å². The average Bonchev–Trinajstić information content (AvgIpc) is 2.57. The minimum absolute atomic E-state index is 0.00874. The van der Waals surface area contributed by atoms with Gasteiger partial charge < -0.3 is 10.4 Å². The van der Waals surface area contributed by atoms with Crippen LogP contribution in [0.15, 0.2) is 48.7 Å². The summed E-state index contributed by atoms with van der Waals surface area (Å²) in [7, 11) is 0. The lowest BCUT2D eigenvalue weighted by atomic mass is 10.1. The lowest BCUT2D eigenvalue weighted by molar-refractivity contribution is 0.164. The summed E-state index contributed by atoms with van der Waals surface area (Å²) in [4.78, 5) is 4.32. The van der Waals surface area contributed by atoms with Gasteiger partial charge in [0.15, 0.2) is 0 Å². The van der Waals surface area contributed by atoms with Crippen molar-refractivity contribution >= 4 is 22.5 Å². The highest BCUT2D eigenvalue weighted by molar-refractivity contribution is 6.35. The Bertz CT molecular complexity index is 853. The third-order valence-corrected chi connectivity index (χ3v) is 4.12. The molecular weight excluding hydrogens is 334 g/mol. The number of hydrogen-bond donors (Lipinski definition) is 2. The molecule has 0 aliphatic heterocycles. The molecule has 1 heterocycles. The van der Waals surface area contributed by atoms with E-state index in [0.29, 0.717) is 11.6 Å². The first-order valence-electron chi connectivity index (χ1n) is 7.42. The summed E-state index contributed by atoms with van der Waals surface area (Å²) in [5.41, 5.74) is 1.31. The average molecular weight is 349 g/mol. The number of fused-ring (bicyclic) bond motifs is 1. The normalized spacial score (nSPS) is 12.5. The van der Waals surface area contributed by atoms with Crippen LogP contribution in [-0.4, -0.2) is 16.6 Å². The van der Waals surface area contributed by atoms with Gasteiger partial charge in [-0.3, -0.25) is 4.98 Å². The second-order valence-corrected chi connectivity index (χ2v) is 5.80. The Hall–Kier alpha value is -2.08. The number of aromatic nitrogens is 1. The molecule has 2 aromatic carbocycles. The molecule has 0 amide bonds. The number of benzene rings is 2. The molecule has 6 heteroatoms. The van der Waals surface area contributed by atoms with Crippen molar-refractivity contribution in [1.29, 1.82) is 0 Å². The Morgan fingerprint density at radius 3 is 2.58 bits per heavy atom. The molecule has 0 saturated carbocycles. The van der Waals surface area contributed by atoms with Crippen molar-refractivity contribution in [1.82, 2.24) is 10.3 Å². The molecule has 1 unspecified atom stereocenters. The molecule has 0 spiro atoms. The second-order valence-electron chi connectivity index (χ2n) is 5.39. The minimum atomic E-state index is -1.28. The monoisotopic (exact) mass is 348 g/mol. The number of pyridine rings is 1. The first-order valence-corrected chi connectivity index (χ1v) is 7.80. The lowest BCUT2D eigenvalue weighted by Gasteiger charge is -2.14. The van der Waals surface area contributed by atoms with E-state index in [4.69, 9.17) is 11.6 Å². The van der Waals surface area contributed by atoms with Gasteiger partial charge in [-0.25, -0.2) is 8.78 Å². The molecule has 24 heavy (non-hydrogen) atoms. The van der Waals surface area contributed by atoms with E-state index in [9.17, 15) is 13.9 Å². The summed E-state index contributed by atoms with van der Waals surface area (Å²) >= 11 is 6.14. The van der Waals surface area contributed by atoms with Crippen molar-refractivity contribution in [2.45, 2.75) is 12.6 Å². The van der Waals surface area contributed by atoms with Crippen molar-refractivity contribution in [3.8, 4) is 0 Å². The maximum Gasteiger partial charge on any atom is 0.131 e. The Balaban J connectivity index is 1.72. The summed E-state index contributed by atoms with van der Waals surface area (Å²) in [6, 6.07) is 10.8. The molecule has 124 valence electrons. The molecular formula is C18H15ClF2N2O. The van der Waals surface area contributed by atoms with Crippen LogP contribution in [0.4, 0.5) is 8.78 Å². The number of hydrogen-bond acceptors (Lipinski definition) is 3. The summed E-state index contributed by atoms with van der Waals surface area (Å²) in [5, 5.41) is 14.5. The smallest absolute Gasteiger partial charge is 0.131 e. The summed E-state index contributed by atoms with van der Waals surface area (Å²) in [6.07, 6.45) is 0.392. The summed E-state index contributed by atoms with van der Waals surface area (Å²) < 4.78 is 27.3. The molecule has 2 N–H and O–H groups in total. The number of halogens is 3. The van der Waals surface area contributed by atoms with Crippen LogP contribution in [0.5, 0.6) is 0 Å². The van der Waals surface area contributed by atoms with Crippen LogP contribution in [0.2, 0.25) is 5.02 Å². The minimum Gasteiger partial charge on any atom is -0.387 e. The molecule has 3 nitrogen and oxygen atoms in total. The van der Waals surface area contributed by atoms with Gasteiger partial charge in [0.25, 0.3) is 0 Å². The molecule has 0 fully saturated rings.